The van der Waals surface area contributed by atoms with Crippen molar-refractivity contribution < 1.29 is 9.59 Å². The molecule has 0 bridgehead atoms. The summed E-state index contributed by atoms with van der Waals surface area (Å²) in [6, 6.07) is 10.5. The van der Waals surface area contributed by atoms with Crippen molar-refractivity contribution in [1.82, 2.24) is 10.6 Å². The van der Waals surface area contributed by atoms with Gasteiger partial charge in [0.25, 0.3) is 5.91 Å². The first kappa shape index (κ1) is 18.3. The molecule has 2 aromatic rings. The Morgan fingerprint density at radius 1 is 0.917 bits per heavy atom. The third-order valence-corrected chi connectivity index (χ3v) is 4.12. The molecule has 0 aliphatic heterocycles. The van der Waals surface area contributed by atoms with Gasteiger partial charge in [0.05, 0.1) is 10.0 Å². The monoisotopic (exact) mass is 364 g/mol. The summed E-state index contributed by atoms with van der Waals surface area (Å²) in [5.41, 5.74) is 3.15. The molecule has 126 valence electrons. The van der Waals surface area contributed by atoms with E-state index in [1.54, 1.807) is 30.3 Å². The van der Waals surface area contributed by atoms with Gasteiger partial charge in [0.15, 0.2) is 0 Å². The molecule has 0 aliphatic carbocycles. The van der Waals surface area contributed by atoms with E-state index in [2.05, 4.69) is 10.6 Å². The molecule has 24 heavy (non-hydrogen) atoms. The first-order valence-electron chi connectivity index (χ1n) is 7.37. The molecular weight excluding hydrogens is 347 g/mol. The predicted octanol–water partition coefficient (Wildman–Crippen LogP) is 4.17. The number of halogens is 2. The number of benzene rings is 2. The lowest BCUT2D eigenvalue weighted by molar-refractivity contribution is -0.119. The predicted molar refractivity (Wildman–Crippen MR) is 96.4 cm³/mol. The highest BCUT2D eigenvalue weighted by atomic mass is 35.5. The highest BCUT2D eigenvalue weighted by Gasteiger charge is 2.18. The third kappa shape index (κ3) is 4.73. The fourth-order valence-electron chi connectivity index (χ4n) is 2.42. The van der Waals surface area contributed by atoms with Crippen molar-refractivity contribution >= 4 is 35.0 Å². The van der Waals surface area contributed by atoms with E-state index in [1.807, 2.05) is 19.9 Å². The van der Waals surface area contributed by atoms with Crippen molar-refractivity contribution in [3.8, 4) is 0 Å². The van der Waals surface area contributed by atoms with Crippen LogP contribution in [0.2, 0.25) is 10.0 Å². The van der Waals surface area contributed by atoms with Crippen molar-refractivity contribution in [2.75, 3.05) is 0 Å². The van der Waals surface area contributed by atoms with Crippen LogP contribution in [0.1, 0.15) is 40.1 Å². The fraction of sp³-hybridized carbons (Fsp3) is 0.222. The fourth-order valence-corrected chi connectivity index (χ4v) is 2.72. The van der Waals surface area contributed by atoms with E-state index in [1.165, 1.54) is 6.92 Å². The zero-order valence-electron chi connectivity index (χ0n) is 13.6. The van der Waals surface area contributed by atoms with E-state index in [9.17, 15) is 9.59 Å². The van der Waals surface area contributed by atoms with Crippen LogP contribution in [-0.4, -0.2) is 11.8 Å². The standard InChI is InChI=1S/C18H18Cl2N2O2/c1-10-6-11(2)8-14(7-10)18(24)22-17(21-12(3)23)13-4-5-15(19)16(20)9-13/h4-9,17H,1-3H3,(H,21,23)(H,22,24). The lowest BCUT2D eigenvalue weighted by Gasteiger charge is -2.20. The Hall–Kier alpha value is -2.04. The molecule has 0 fully saturated rings. The molecule has 2 amide bonds. The van der Waals surface area contributed by atoms with Crippen molar-refractivity contribution in [3.63, 3.8) is 0 Å². The summed E-state index contributed by atoms with van der Waals surface area (Å²) in [6.07, 6.45) is -0.703. The SMILES string of the molecule is CC(=O)NC(NC(=O)c1cc(C)cc(C)c1)c1ccc(Cl)c(Cl)c1. The van der Waals surface area contributed by atoms with Gasteiger partial charge in [-0.25, -0.2) is 0 Å². The summed E-state index contributed by atoms with van der Waals surface area (Å²) in [6.45, 7) is 5.23. The van der Waals surface area contributed by atoms with Gasteiger partial charge in [-0.2, -0.15) is 0 Å². The van der Waals surface area contributed by atoms with Gasteiger partial charge < -0.3 is 10.6 Å². The summed E-state index contributed by atoms with van der Waals surface area (Å²) in [5, 5.41) is 6.27. The van der Waals surface area contributed by atoms with Crippen molar-refractivity contribution in [2.24, 2.45) is 0 Å². The summed E-state index contributed by atoms with van der Waals surface area (Å²) >= 11 is 12.0. The zero-order valence-corrected chi connectivity index (χ0v) is 15.1. The molecule has 0 aromatic heterocycles. The van der Waals surface area contributed by atoms with Crippen molar-refractivity contribution in [1.29, 1.82) is 0 Å². The molecule has 1 atom stereocenters. The molecule has 2 rings (SSSR count). The maximum atomic E-state index is 12.5. The number of rotatable bonds is 4. The molecule has 0 saturated heterocycles. The largest absolute Gasteiger partial charge is 0.332 e. The van der Waals surface area contributed by atoms with E-state index in [4.69, 9.17) is 23.2 Å². The van der Waals surface area contributed by atoms with E-state index >= 15 is 0 Å². The second-order valence-corrected chi connectivity index (χ2v) is 6.47. The normalized spacial score (nSPS) is 11.7. The number of amides is 2. The minimum absolute atomic E-state index is 0.271. The van der Waals surface area contributed by atoms with Crippen LogP contribution >= 0.6 is 23.2 Å². The molecule has 4 nitrogen and oxygen atoms in total. The lowest BCUT2D eigenvalue weighted by atomic mass is 10.1. The first-order valence-corrected chi connectivity index (χ1v) is 8.13. The van der Waals surface area contributed by atoms with E-state index in [0.717, 1.165) is 11.1 Å². The van der Waals surface area contributed by atoms with E-state index in [-0.39, 0.29) is 11.8 Å². The number of carbonyl (C=O) groups excluding carboxylic acids is 2. The molecule has 0 aliphatic rings. The molecule has 2 N–H and O–H groups in total. The minimum Gasteiger partial charge on any atom is -0.332 e. The maximum Gasteiger partial charge on any atom is 0.253 e. The highest BCUT2D eigenvalue weighted by molar-refractivity contribution is 6.42. The molecule has 2 aromatic carbocycles. The van der Waals surface area contributed by atoms with Gasteiger partial charge in [0, 0.05) is 12.5 Å². The van der Waals surface area contributed by atoms with Crippen LogP contribution in [0.3, 0.4) is 0 Å². The van der Waals surface area contributed by atoms with Crippen LogP contribution in [0, 0.1) is 13.8 Å². The van der Waals surface area contributed by atoms with Crippen LogP contribution < -0.4 is 10.6 Å². The van der Waals surface area contributed by atoms with Gasteiger partial charge >= 0.3 is 0 Å². The topological polar surface area (TPSA) is 58.2 Å². The summed E-state index contributed by atoms with van der Waals surface area (Å²) < 4.78 is 0. The number of nitrogens with one attached hydrogen (secondary N) is 2. The van der Waals surface area contributed by atoms with Crippen LogP contribution in [0.5, 0.6) is 0 Å². The Kier molecular flexibility index (Phi) is 5.86. The molecule has 0 saturated carbocycles. The average Bonchev–Trinajstić information content (AvgIpc) is 2.48. The Bertz CT molecular complexity index is 770. The Morgan fingerprint density at radius 3 is 2.08 bits per heavy atom. The second-order valence-electron chi connectivity index (χ2n) is 5.66. The Balaban J connectivity index is 2.29. The van der Waals surface area contributed by atoms with Gasteiger partial charge in [-0.15, -0.1) is 0 Å². The first-order chi connectivity index (χ1) is 11.3. The molecule has 0 radical (unpaired) electrons. The van der Waals surface area contributed by atoms with Crippen LogP contribution in [0.4, 0.5) is 0 Å². The molecule has 0 heterocycles. The van der Waals surface area contributed by atoms with Crippen molar-refractivity contribution in [2.45, 2.75) is 26.9 Å². The minimum atomic E-state index is -0.703. The number of hydrogen-bond donors (Lipinski definition) is 2. The molecule has 6 heteroatoms. The van der Waals surface area contributed by atoms with Gasteiger partial charge in [-0.05, 0) is 43.7 Å². The average molecular weight is 365 g/mol. The maximum absolute atomic E-state index is 12.5. The van der Waals surface area contributed by atoms with Crippen LogP contribution in [-0.2, 0) is 4.79 Å². The van der Waals surface area contributed by atoms with Gasteiger partial charge in [0.1, 0.15) is 6.17 Å². The smallest absolute Gasteiger partial charge is 0.253 e. The lowest BCUT2D eigenvalue weighted by Crippen LogP contribution is -2.40. The van der Waals surface area contributed by atoms with Crippen LogP contribution in [0.25, 0.3) is 0 Å². The zero-order chi connectivity index (χ0) is 17.9. The van der Waals surface area contributed by atoms with E-state index < -0.39 is 6.17 Å². The number of carbonyl (C=O) groups is 2. The summed E-state index contributed by atoms with van der Waals surface area (Å²) in [7, 11) is 0. The molecule has 1 unspecified atom stereocenters. The summed E-state index contributed by atoms with van der Waals surface area (Å²) in [4.78, 5) is 24.0. The molecule has 0 spiro atoms. The quantitative estimate of drug-likeness (QED) is 0.799. The van der Waals surface area contributed by atoms with Gasteiger partial charge in [-0.3, -0.25) is 9.59 Å². The number of hydrogen-bond acceptors (Lipinski definition) is 2. The summed E-state index contributed by atoms with van der Waals surface area (Å²) in [5.74, 6) is -0.557. The second kappa shape index (κ2) is 7.69. The number of aryl methyl sites for hydroxylation is 2. The Morgan fingerprint density at radius 2 is 1.54 bits per heavy atom. The van der Waals surface area contributed by atoms with E-state index in [0.29, 0.717) is 21.2 Å². The van der Waals surface area contributed by atoms with Gasteiger partial charge in [0.2, 0.25) is 5.91 Å². The highest BCUT2D eigenvalue weighted by Crippen LogP contribution is 2.25. The molecular formula is C18H18Cl2N2O2. The third-order valence-electron chi connectivity index (χ3n) is 3.38. The van der Waals surface area contributed by atoms with Crippen molar-refractivity contribution in [3.05, 3.63) is 68.7 Å². The van der Waals surface area contributed by atoms with Crippen LogP contribution in [0.15, 0.2) is 36.4 Å². The Labute approximate surface area is 151 Å². The van der Waals surface area contributed by atoms with Gasteiger partial charge in [-0.1, -0.05) is 46.5 Å².